The number of benzene rings is 1. The average molecular weight is 455 g/mol. The average Bonchev–Trinajstić information content (AvgIpc) is 3.27. The molecule has 0 radical (unpaired) electrons. The topological polar surface area (TPSA) is 77.7 Å². The molecule has 2 aromatic rings. The van der Waals surface area contributed by atoms with Gasteiger partial charge in [-0.15, -0.1) is 0 Å². The van der Waals surface area contributed by atoms with Crippen molar-refractivity contribution in [2.24, 2.45) is 0 Å². The van der Waals surface area contributed by atoms with E-state index in [9.17, 15) is 9.59 Å². The van der Waals surface area contributed by atoms with Crippen LogP contribution in [0.15, 0.2) is 18.2 Å². The van der Waals surface area contributed by atoms with Gasteiger partial charge in [-0.05, 0) is 43.2 Å². The molecule has 1 saturated heterocycles. The molecule has 4 heterocycles. The van der Waals surface area contributed by atoms with E-state index in [-0.39, 0.29) is 11.8 Å². The SMILES string of the molecule is Cc1c(/C=C2\C(=O)Nc3ccc(Cl)cc32)[nH]c2c1C(=O)N(CCCN1CCOCC1)CC2. The normalized spacial score (nSPS) is 19.9. The van der Waals surface area contributed by atoms with Gasteiger partial charge in [0.1, 0.15) is 0 Å². The van der Waals surface area contributed by atoms with Crippen LogP contribution in [0.2, 0.25) is 5.02 Å². The van der Waals surface area contributed by atoms with E-state index in [2.05, 4.69) is 15.2 Å². The molecule has 3 aliphatic heterocycles. The highest BCUT2D eigenvalue weighted by atomic mass is 35.5. The maximum atomic E-state index is 13.2. The molecule has 32 heavy (non-hydrogen) atoms. The Morgan fingerprint density at radius 1 is 1.16 bits per heavy atom. The molecule has 0 bridgehead atoms. The van der Waals surface area contributed by atoms with Crippen LogP contribution in [0.1, 0.15) is 39.3 Å². The van der Waals surface area contributed by atoms with Crippen LogP contribution >= 0.6 is 11.6 Å². The van der Waals surface area contributed by atoms with Gasteiger partial charge in [-0.25, -0.2) is 0 Å². The van der Waals surface area contributed by atoms with Crippen LogP contribution < -0.4 is 5.32 Å². The van der Waals surface area contributed by atoms with Crippen LogP contribution in [-0.4, -0.2) is 72.5 Å². The Labute approximate surface area is 192 Å². The Balaban J connectivity index is 1.33. The largest absolute Gasteiger partial charge is 0.379 e. The number of ether oxygens (including phenoxy) is 1. The van der Waals surface area contributed by atoms with E-state index in [1.54, 1.807) is 18.2 Å². The van der Waals surface area contributed by atoms with Crippen LogP contribution in [0.5, 0.6) is 0 Å². The second-order valence-corrected chi connectivity index (χ2v) is 9.01. The first kappa shape index (κ1) is 21.2. The second kappa shape index (κ2) is 8.73. The number of carbonyl (C=O) groups excluding carboxylic acids is 2. The van der Waals surface area contributed by atoms with E-state index in [1.807, 2.05) is 17.9 Å². The third-order valence-corrected chi connectivity index (χ3v) is 6.79. The summed E-state index contributed by atoms with van der Waals surface area (Å²) in [5, 5.41) is 3.46. The van der Waals surface area contributed by atoms with Crippen molar-refractivity contribution in [1.29, 1.82) is 0 Å². The van der Waals surface area contributed by atoms with E-state index in [0.717, 1.165) is 86.0 Å². The summed E-state index contributed by atoms with van der Waals surface area (Å²) in [4.78, 5) is 33.5. The summed E-state index contributed by atoms with van der Waals surface area (Å²) in [7, 11) is 0. The van der Waals surface area contributed by atoms with Crippen molar-refractivity contribution >= 4 is 40.8 Å². The summed E-state index contributed by atoms with van der Waals surface area (Å²) in [6.45, 7) is 7.92. The molecular formula is C24H27ClN4O3. The number of nitrogens with one attached hydrogen (secondary N) is 2. The van der Waals surface area contributed by atoms with E-state index < -0.39 is 0 Å². The standard InChI is InChI=1S/C24H27ClN4O3/c1-15-21(14-18-17-13-16(25)3-4-19(17)27-23(18)30)26-20-5-8-29(24(31)22(15)20)7-2-6-28-9-11-32-12-10-28/h3-4,13-14,26H,2,5-12H2,1H3,(H,27,30)/b18-14-. The van der Waals surface area contributed by atoms with Crippen LogP contribution in [0, 0.1) is 6.92 Å². The Bertz CT molecular complexity index is 1100. The Kier molecular flexibility index (Phi) is 5.80. The third-order valence-electron chi connectivity index (χ3n) is 6.56. The van der Waals surface area contributed by atoms with Gasteiger partial charge in [-0.2, -0.15) is 0 Å². The maximum Gasteiger partial charge on any atom is 0.256 e. The molecule has 3 aliphatic rings. The Hall–Kier alpha value is -2.61. The molecule has 0 spiro atoms. The van der Waals surface area contributed by atoms with Crippen LogP contribution in [-0.2, 0) is 16.0 Å². The first-order chi connectivity index (χ1) is 15.5. The van der Waals surface area contributed by atoms with Gasteiger partial charge in [0.2, 0.25) is 0 Å². The maximum absolute atomic E-state index is 13.2. The Morgan fingerprint density at radius 2 is 1.97 bits per heavy atom. The second-order valence-electron chi connectivity index (χ2n) is 8.57. The summed E-state index contributed by atoms with van der Waals surface area (Å²) in [6.07, 6.45) is 3.58. The number of hydrogen-bond acceptors (Lipinski definition) is 4. The number of aromatic amines is 1. The molecule has 0 unspecified atom stereocenters. The minimum atomic E-state index is -0.162. The molecule has 168 valence electrons. The van der Waals surface area contributed by atoms with Gasteiger partial charge in [0.25, 0.3) is 11.8 Å². The van der Waals surface area contributed by atoms with Gasteiger partial charge >= 0.3 is 0 Å². The molecule has 1 fully saturated rings. The molecule has 8 heteroatoms. The number of anilines is 1. The number of fused-ring (bicyclic) bond motifs is 2. The van der Waals surface area contributed by atoms with E-state index in [1.165, 1.54) is 0 Å². The highest BCUT2D eigenvalue weighted by Gasteiger charge is 2.30. The van der Waals surface area contributed by atoms with Crippen molar-refractivity contribution in [3.8, 4) is 0 Å². The quantitative estimate of drug-likeness (QED) is 0.680. The van der Waals surface area contributed by atoms with Crippen molar-refractivity contribution in [3.05, 3.63) is 51.3 Å². The molecule has 1 aromatic heterocycles. The first-order valence-corrected chi connectivity index (χ1v) is 11.5. The number of aromatic nitrogens is 1. The number of nitrogens with zero attached hydrogens (tertiary/aromatic N) is 2. The number of rotatable bonds is 5. The van der Waals surface area contributed by atoms with Gasteiger partial charge < -0.3 is 19.9 Å². The van der Waals surface area contributed by atoms with Crippen LogP contribution in [0.25, 0.3) is 11.6 Å². The Morgan fingerprint density at radius 3 is 2.78 bits per heavy atom. The summed E-state index contributed by atoms with van der Waals surface area (Å²) < 4.78 is 5.40. The summed E-state index contributed by atoms with van der Waals surface area (Å²) in [5.41, 5.74) is 5.48. The zero-order chi connectivity index (χ0) is 22.2. The number of H-pyrrole nitrogens is 1. The van der Waals surface area contributed by atoms with Crippen molar-refractivity contribution < 1.29 is 14.3 Å². The highest BCUT2D eigenvalue weighted by molar-refractivity contribution is 6.36. The van der Waals surface area contributed by atoms with E-state index >= 15 is 0 Å². The number of carbonyl (C=O) groups is 2. The summed E-state index contributed by atoms with van der Waals surface area (Å²) in [5.74, 6) is -0.0868. The third kappa shape index (κ3) is 3.96. The molecule has 2 amide bonds. The minimum absolute atomic E-state index is 0.0749. The zero-order valence-corrected chi connectivity index (χ0v) is 18.9. The van der Waals surface area contributed by atoms with Crippen LogP contribution in [0.4, 0.5) is 5.69 Å². The number of morpholine rings is 1. The lowest BCUT2D eigenvalue weighted by molar-refractivity contribution is -0.110. The fourth-order valence-corrected chi connectivity index (χ4v) is 4.95. The lowest BCUT2D eigenvalue weighted by Gasteiger charge is -2.30. The molecule has 7 nitrogen and oxygen atoms in total. The van der Waals surface area contributed by atoms with Crippen molar-refractivity contribution in [1.82, 2.24) is 14.8 Å². The molecule has 2 N–H and O–H groups in total. The lowest BCUT2D eigenvalue weighted by atomic mass is 10.0. The summed E-state index contributed by atoms with van der Waals surface area (Å²) >= 11 is 6.15. The monoisotopic (exact) mass is 454 g/mol. The molecule has 0 aliphatic carbocycles. The van der Waals surface area contributed by atoms with Gasteiger partial charge in [0.15, 0.2) is 0 Å². The van der Waals surface area contributed by atoms with Gasteiger partial charge in [0.05, 0.1) is 24.4 Å². The smallest absolute Gasteiger partial charge is 0.256 e. The van der Waals surface area contributed by atoms with Crippen molar-refractivity contribution in [2.75, 3.05) is 51.3 Å². The van der Waals surface area contributed by atoms with Crippen LogP contribution in [0.3, 0.4) is 0 Å². The minimum Gasteiger partial charge on any atom is -0.379 e. The first-order valence-electron chi connectivity index (χ1n) is 11.1. The fourth-order valence-electron chi connectivity index (χ4n) is 4.78. The van der Waals surface area contributed by atoms with Gasteiger partial charge in [-0.3, -0.25) is 14.5 Å². The number of halogens is 1. The van der Waals surface area contributed by atoms with E-state index in [0.29, 0.717) is 17.1 Å². The van der Waals surface area contributed by atoms with Crippen molar-refractivity contribution in [2.45, 2.75) is 19.8 Å². The number of amides is 2. The highest BCUT2D eigenvalue weighted by Crippen LogP contribution is 2.36. The fraction of sp³-hybridized carbons (Fsp3) is 0.417. The predicted molar refractivity (Wildman–Crippen MR) is 125 cm³/mol. The molecule has 0 saturated carbocycles. The molecule has 0 atom stereocenters. The molecule has 5 rings (SSSR count). The lowest BCUT2D eigenvalue weighted by Crippen LogP contribution is -2.41. The number of hydrogen-bond donors (Lipinski definition) is 2. The molecule has 1 aromatic carbocycles. The zero-order valence-electron chi connectivity index (χ0n) is 18.2. The predicted octanol–water partition coefficient (Wildman–Crippen LogP) is 3.19. The van der Waals surface area contributed by atoms with E-state index in [4.69, 9.17) is 16.3 Å². The van der Waals surface area contributed by atoms with Gasteiger partial charge in [-0.1, -0.05) is 11.6 Å². The van der Waals surface area contributed by atoms with Crippen molar-refractivity contribution in [3.63, 3.8) is 0 Å². The van der Waals surface area contributed by atoms with Gasteiger partial charge in [0, 0.05) is 66.8 Å². The molecular weight excluding hydrogens is 428 g/mol. The summed E-state index contributed by atoms with van der Waals surface area (Å²) in [6, 6.07) is 5.36.